The van der Waals surface area contributed by atoms with Gasteiger partial charge in [-0.1, -0.05) is 17.7 Å². The van der Waals surface area contributed by atoms with E-state index in [1.54, 1.807) is 0 Å². The van der Waals surface area contributed by atoms with Gasteiger partial charge in [0, 0.05) is 24.2 Å². The van der Waals surface area contributed by atoms with Crippen molar-refractivity contribution in [2.75, 3.05) is 33.8 Å². The molecule has 0 aliphatic carbocycles. The summed E-state index contributed by atoms with van der Waals surface area (Å²) in [4.78, 5) is 2.16. The maximum Gasteiger partial charge on any atom is 0.120 e. The van der Waals surface area contributed by atoms with E-state index < -0.39 is 0 Å². The van der Waals surface area contributed by atoms with Crippen molar-refractivity contribution in [2.45, 2.75) is 13.0 Å². The molecule has 1 unspecified atom stereocenters. The molecule has 17 heavy (non-hydrogen) atoms. The van der Waals surface area contributed by atoms with Crippen LogP contribution in [0.5, 0.6) is 5.75 Å². The maximum atomic E-state index is 5.86. The van der Waals surface area contributed by atoms with Gasteiger partial charge in [-0.05, 0) is 39.2 Å². The van der Waals surface area contributed by atoms with E-state index in [1.807, 2.05) is 24.3 Å². The van der Waals surface area contributed by atoms with Gasteiger partial charge in [0.2, 0.25) is 0 Å². The van der Waals surface area contributed by atoms with Gasteiger partial charge >= 0.3 is 0 Å². The van der Waals surface area contributed by atoms with Crippen LogP contribution in [0.15, 0.2) is 24.3 Å². The first-order chi connectivity index (χ1) is 8.08. The number of hydrogen-bond acceptors (Lipinski definition) is 3. The van der Waals surface area contributed by atoms with Crippen molar-refractivity contribution in [1.82, 2.24) is 10.2 Å². The molecule has 0 fully saturated rings. The van der Waals surface area contributed by atoms with E-state index in [9.17, 15) is 0 Å². The first-order valence-corrected chi connectivity index (χ1v) is 6.22. The number of rotatable bonds is 7. The van der Waals surface area contributed by atoms with Crippen LogP contribution in [0, 0.1) is 0 Å². The van der Waals surface area contributed by atoms with Crippen molar-refractivity contribution in [2.24, 2.45) is 0 Å². The van der Waals surface area contributed by atoms with E-state index in [1.165, 1.54) is 0 Å². The highest BCUT2D eigenvalue weighted by molar-refractivity contribution is 6.30. The second kappa shape index (κ2) is 7.54. The van der Waals surface area contributed by atoms with Crippen LogP contribution in [0.25, 0.3) is 0 Å². The van der Waals surface area contributed by atoms with Crippen LogP contribution in [0.3, 0.4) is 0 Å². The van der Waals surface area contributed by atoms with Gasteiger partial charge in [0.05, 0.1) is 0 Å². The zero-order valence-electron chi connectivity index (χ0n) is 10.7. The number of nitrogens with one attached hydrogen (secondary N) is 1. The molecule has 0 bridgehead atoms. The first kappa shape index (κ1) is 14.3. The summed E-state index contributed by atoms with van der Waals surface area (Å²) in [6, 6.07) is 7.93. The Morgan fingerprint density at radius 1 is 1.41 bits per heavy atom. The van der Waals surface area contributed by atoms with Gasteiger partial charge in [-0.3, -0.25) is 0 Å². The molecule has 96 valence electrons. The van der Waals surface area contributed by atoms with E-state index in [4.69, 9.17) is 16.3 Å². The molecule has 3 nitrogen and oxygen atoms in total. The van der Waals surface area contributed by atoms with Crippen molar-refractivity contribution in [3.05, 3.63) is 29.3 Å². The number of ether oxygens (including phenoxy) is 1. The third-order valence-corrected chi connectivity index (χ3v) is 2.53. The Bertz CT molecular complexity index is 331. The van der Waals surface area contributed by atoms with Crippen molar-refractivity contribution in [3.8, 4) is 5.75 Å². The lowest BCUT2D eigenvalue weighted by Gasteiger charge is -2.18. The minimum Gasteiger partial charge on any atom is -0.492 e. The van der Waals surface area contributed by atoms with Crippen LogP contribution in [0.4, 0.5) is 0 Å². The molecule has 0 aromatic heterocycles. The van der Waals surface area contributed by atoms with E-state index >= 15 is 0 Å². The average Bonchev–Trinajstić information content (AvgIpc) is 2.23. The summed E-state index contributed by atoms with van der Waals surface area (Å²) in [6.07, 6.45) is 0. The van der Waals surface area contributed by atoms with Crippen molar-refractivity contribution in [1.29, 1.82) is 0 Å². The molecule has 0 heterocycles. The van der Waals surface area contributed by atoms with Gasteiger partial charge in [-0.15, -0.1) is 0 Å². The third kappa shape index (κ3) is 6.51. The molecule has 1 N–H and O–H groups in total. The lowest BCUT2D eigenvalue weighted by atomic mass is 10.3. The minimum atomic E-state index is 0.466. The van der Waals surface area contributed by atoms with E-state index in [0.29, 0.717) is 17.7 Å². The summed E-state index contributed by atoms with van der Waals surface area (Å²) in [5.74, 6) is 0.819. The van der Waals surface area contributed by atoms with Gasteiger partial charge in [0.15, 0.2) is 0 Å². The molecule has 0 aliphatic rings. The fourth-order valence-electron chi connectivity index (χ4n) is 1.64. The van der Waals surface area contributed by atoms with E-state index in [0.717, 1.165) is 18.8 Å². The molecule has 0 spiro atoms. The molecule has 0 radical (unpaired) electrons. The van der Waals surface area contributed by atoms with Crippen molar-refractivity contribution in [3.63, 3.8) is 0 Å². The van der Waals surface area contributed by atoms with Gasteiger partial charge < -0.3 is 15.0 Å². The zero-order valence-corrected chi connectivity index (χ0v) is 11.5. The maximum absolute atomic E-state index is 5.86. The third-order valence-electron chi connectivity index (χ3n) is 2.30. The quantitative estimate of drug-likeness (QED) is 0.758. The standard InChI is InChI=1S/C13H21ClN2O/c1-11(10-16(2)3)15-7-8-17-13-6-4-5-12(14)9-13/h4-6,9,11,15H,7-8,10H2,1-3H3. The normalized spacial score (nSPS) is 12.8. The zero-order chi connectivity index (χ0) is 12.7. The Balaban J connectivity index is 2.16. The highest BCUT2D eigenvalue weighted by Crippen LogP contribution is 2.16. The SMILES string of the molecule is CC(CN(C)C)NCCOc1cccc(Cl)c1. The molecule has 0 aliphatic heterocycles. The van der Waals surface area contributed by atoms with Crippen LogP contribution in [-0.2, 0) is 0 Å². The summed E-state index contributed by atoms with van der Waals surface area (Å²) in [5.41, 5.74) is 0. The Morgan fingerprint density at radius 3 is 2.82 bits per heavy atom. The molecular formula is C13H21ClN2O. The summed E-state index contributed by atoms with van der Waals surface area (Å²) < 4.78 is 5.58. The smallest absolute Gasteiger partial charge is 0.120 e. The second-order valence-corrected chi connectivity index (χ2v) is 4.86. The summed E-state index contributed by atoms with van der Waals surface area (Å²) in [7, 11) is 4.14. The van der Waals surface area contributed by atoms with E-state index in [-0.39, 0.29) is 0 Å². The summed E-state index contributed by atoms with van der Waals surface area (Å²) in [5, 5.41) is 4.10. The Hall–Kier alpha value is -0.770. The number of benzene rings is 1. The molecule has 1 aromatic carbocycles. The molecule has 1 atom stereocenters. The van der Waals surface area contributed by atoms with Crippen LogP contribution >= 0.6 is 11.6 Å². The second-order valence-electron chi connectivity index (χ2n) is 4.42. The number of hydrogen-bond donors (Lipinski definition) is 1. The molecular weight excluding hydrogens is 236 g/mol. The minimum absolute atomic E-state index is 0.466. The molecule has 1 rings (SSSR count). The Labute approximate surface area is 109 Å². The number of halogens is 1. The summed E-state index contributed by atoms with van der Waals surface area (Å²) >= 11 is 5.86. The Morgan fingerprint density at radius 2 is 2.18 bits per heavy atom. The monoisotopic (exact) mass is 256 g/mol. The lowest BCUT2D eigenvalue weighted by molar-refractivity contribution is 0.291. The van der Waals surface area contributed by atoms with Crippen LogP contribution in [-0.4, -0.2) is 44.7 Å². The van der Waals surface area contributed by atoms with Gasteiger partial charge in [-0.25, -0.2) is 0 Å². The van der Waals surface area contributed by atoms with Gasteiger partial charge in [0.25, 0.3) is 0 Å². The van der Waals surface area contributed by atoms with Gasteiger partial charge in [0.1, 0.15) is 12.4 Å². The van der Waals surface area contributed by atoms with Crippen LogP contribution in [0.1, 0.15) is 6.92 Å². The topological polar surface area (TPSA) is 24.5 Å². The number of likely N-dealkylation sites (N-methyl/N-ethyl adjacent to an activating group) is 1. The molecule has 0 saturated heterocycles. The largest absolute Gasteiger partial charge is 0.492 e. The molecule has 4 heteroatoms. The van der Waals surface area contributed by atoms with Crippen LogP contribution in [0.2, 0.25) is 5.02 Å². The molecule has 1 aromatic rings. The highest BCUT2D eigenvalue weighted by atomic mass is 35.5. The fraction of sp³-hybridized carbons (Fsp3) is 0.538. The number of nitrogens with zero attached hydrogens (tertiary/aromatic N) is 1. The predicted molar refractivity (Wildman–Crippen MR) is 73.0 cm³/mol. The van der Waals surface area contributed by atoms with Crippen molar-refractivity contribution >= 4 is 11.6 Å². The highest BCUT2D eigenvalue weighted by Gasteiger charge is 2.02. The average molecular weight is 257 g/mol. The Kier molecular flexibility index (Phi) is 6.34. The molecule has 0 saturated carbocycles. The summed E-state index contributed by atoms with van der Waals surface area (Å²) in [6.45, 7) is 4.68. The van der Waals surface area contributed by atoms with E-state index in [2.05, 4.69) is 31.2 Å². The first-order valence-electron chi connectivity index (χ1n) is 5.84. The van der Waals surface area contributed by atoms with Crippen molar-refractivity contribution < 1.29 is 4.74 Å². The lowest BCUT2D eigenvalue weighted by Crippen LogP contribution is -2.37. The predicted octanol–water partition coefficient (Wildman–Crippen LogP) is 2.26. The molecule has 0 amide bonds. The van der Waals surface area contributed by atoms with Crippen LogP contribution < -0.4 is 10.1 Å². The van der Waals surface area contributed by atoms with Gasteiger partial charge in [-0.2, -0.15) is 0 Å². The fourth-order valence-corrected chi connectivity index (χ4v) is 1.82.